The fraction of sp³-hybridized carbons (Fsp3) is 0.400. The summed E-state index contributed by atoms with van der Waals surface area (Å²) < 4.78 is 33.4. The first-order valence-electron chi connectivity index (χ1n) is 6.78. The Morgan fingerprint density at radius 3 is 2.71 bits per heavy atom. The second-order valence-electron chi connectivity index (χ2n) is 4.84. The maximum absolute atomic E-state index is 13.4. The minimum absolute atomic E-state index is 0.278. The fourth-order valence-corrected chi connectivity index (χ4v) is 2.22. The number of aromatic nitrogens is 2. The molecule has 0 radical (unpaired) electrons. The molecule has 1 unspecified atom stereocenters. The summed E-state index contributed by atoms with van der Waals surface area (Å²) in [6.45, 7) is 2.35. The van der Waals surface area contributed by atoms with E-state index in [1.54, 1.807) is 17.9 Å². The van der Waals surface area contributed by atoms with E-state index in [9.17, 15) is 8.78 Å². The second kappa shape index (κ2) is 6.67. The number of anilines is 1. The van der Waals surface area contributed by atoms with Gasteiger partial charge in [0.05, 0.1) is 24.0 Å². The fourth-order valence-electron chi connectivity index (χ4n) is 2.22. The van der Waals surface area contributed by atoms with Crippen molar-refractivity contribution in [2.75, 3.05) is 19.0 Å². The predicted molar refractivity (Wildman–Crippen MR) is 77.2 cm³/mol. The van der Waals surface area contributed by atoms with E-state index in [2.05, 4.69) is 10.4 Å². The number of hydrogen-bond acceptors (Lipinski definition) is 3. The number of benzene rings is 1. The minimum atomic E-state index is -0.864. The molecule has 0 aliphatic carbocycles. The molecular formula is C15H19F2N3O. The third-order valence-corrected chi connectivity index (χ3v) is 3.25. The van der Waals surface area contributed by atoms with Crippen molar-refractivity contribution < 1.29 is 13.5 Å². The van der Waals surface area contributed by atoms with Crippen LogP contribution in [0.5, 0.6) is 0 Å². The van der Waals surface area contributed by atoms with E-state index in [-0.39, 0.29) is 6.04 Å². The summed E-state index contributed by atoms with van der Waals surface area (Å²) in [5.74, 6) is -1.72. The summed E-state index contributed by atoms with van der Waals surface area (Å²) in [5.41, 5.74) is 2.41. The van der Waals surface area contributed by atoms with Crippen molar-refractivity contribution in [2.24, 2.45) is 7.05 Å². The molecule has 1 aromatic heterocycles. The zero-order chi connectivity index (χ0) is 15.4. The Morgan fingerprint density at radius 2 is 2.10 bits per heavy atom. The van der Waals surface area contributed by atoms with Crippen LogP contribution in [0.15, 0.2) is 24.4 Å². The first kappa shape index (κ1) is 15.4. The summed E-state index contributed by atoms with van der Waals surface area (Å²) >= 11 is 0. The molecule has 4 nitrogen and oxygen atoms in total. The lowest BCUT2D eigenvalue weighted by molar-refractivity contribution is 0.186. The third-order valence-electron chi connectivity index (χ3n) is 3.25. The van der Waals surface area contributed by atoms with Crippen LogP contribution < -0.4 is 5.32 Å². The molecule has 1 heterocycles. The van der Waals surface area contributed by atoms with Gasteiger partial charge in [-0.2, -0.15) is 5.10 Å². The predicted octanol–water partition coefficient (Wildman–Crippen LogP) is 3.06. The molecule has 0 fully saturated rings. The SMILES string of the molecule is CCc1nn(C)cc1NC(COC)c1ccc(F)c(F)c1. The molecule has 1 atom stereocenters. The number of rotatable bonds is 6. The van der Waals surface area contributed by atoms with Gasteiger partial charge in [-0.1, -0.05) is 13.0 Å². The number of nitrogens with zero attached hydrogens (tertiary/aromatic N) is 2. The van der Waals surface area contributed by atoms with Gasteiger partial charge >= 0.3 is 0 Å². The van der Waals surface area contributed by atoms with Crippen LogP contribution in [0.2, 0.25) is 0 Å². The van der Waals surface area contributed by atoms with Gasteiger partial charge < -0.3 is 10.1 Å². The summed E-state index contributed by atoms with van der Waals surface area (Å²) in [7, 11) is 3.41. The molecule has 114 valence electrons. The first-order valence-corrected chi connectivity index (χ1v) is 6.78. The number of nitrogens with one attached hydrogen (secondary N) is 1. The van der Waals surface area contributed by atoms with Gasteiger partial charge in [0.25, 0.3) is 0 Å². The van der Waals surface area contributed by atoms with Crippen molar-refractivity contribution in [2.45, 2.75) is 19.4 Å². The Balaban J connectivity index is 2.27. The zero-order valence-electron chi connectivity index (χ0n) is 12.4. The summed E-state index contributed by atoms with van der Waals surface area (Å²) in [4.78, 5) is 0. The molecule has 0 bridgehead atoms. The van der Waals surface area contributed by atoms with Gasteiger partial charge in [0.15, 0.2) is 11.6 Å². The standard InChI is InChI=1S/C15H19F2N3O/c1-4-13-14(8-20(2)19-13)18-15(9-21-3)10-5-6-11(16)12(17)7-10/h5-8,15,18H,4,9H2,1-3H3. The lowest BCUT2D eigenvalue weighted by atomic mass is 10.1. The van der Waals surface area contributed by atoms with Crippen molar-refractivity contribution in [1.82, 2.24) is 9.78 Å². The summed E-state index contributed by atoms with van der Waals surface area (Å²) in [6, 6.07) is 3.59. The van der Waals surface area contributed by atoms with E-state index < -0.39 is 11.6 Å². The molecule has 2 rings (SSSR count). The largest absolute Gasteiger partial charge is 0.382 e. The number of aryl methyl sites for hydroxylation is 2. The van der Waals surface area contributed by atoms with Crippen LogP contribution in [0.4, 0.5) is 14.5 Å². The van der Waals surface area contributed by atoms with Crippen LogP contribution in [0.25, 0.3) is 0 Å². The highest BCUT2D eigenvalue weighted by atomic mass is 19.2. The van der Waals surface area contributed by atoms with Crippen molar-refractivity contribution in [3.8, 4) is 0 Å². The van der Waals surface area contributed by atoms with Crippen LogP contribution in [-0.4, -0.2) is 23.5 Å². The molecule has 0 spiro atoms. The van der Waals surface area contributed by atoms with Gasteiger partial charge in [-0.3, -0.25) is 4.68 Å². The van der Waals surface area contributed by atoms with E-state index in [0.29, 0.717) is 12.2 Å². The maximum atomic E-state index is 13.4. The summed E-state index contributed by atoms with van der Waals surface area (Å²) in [5, 5.41) is 7.63. The number of hydrogen-bond donors (Lipinski definition) is 1. The highest BCUT2D eigenvalue weighted by molar-refractivity contribution is 5.48. The number of halogens is 2. The van der Waals surface area contributed by atoms with Crippen LogP contribution in [0.3, 0.4) is 0 Å². The average Bonchev–Trinajstić information content (AvgIpc) is 2.81. The first-order chi connectivity index (χ1) is 10.0. The van der Waals surface area contributed by atoms with E-state index in [1.165, 1.54) is 6.07 Å². The van der Waals surface area contributed by atoms with Gasteiger partial charge in [-0.25, -0.2) is 8.78 Å². The Labute approximate surface area is 122 Å². The topological polar surface area (TPSA) is 39.1 Å². The zero-order valence-corrected chi connectivity index (χ0v) is 12.4. The number of methoxy groups -OCH3 is 1. The molecule has 1 aromatic carbocycles. The lowest BCUT2D eigenvalue weighted by Gasteiger charge is -2.19. The Bertz CT molecular complexity index is 613. The molecule has 21 heavy (non-hydrogen) atoms. The molecule has 2 aromatic rings. The van der Waals surface area contributed by atoms with Crippen LogP contribution in [-0.2, 0) is 18.2 Å². The van der Waals surface area contributed by atoms with E-state index in [1.807, 2.05) is 20.2 Å². The molecule has 6 heteroatoms. The van der Waals surface area contributed by atoms with Crippen LogP contribution >= 0.6 is 0 Å². The molecule has 1 N–H and O–H groups in total. The highest BCUT2D eigenvalue weighted by Gasteiger charge is 2.16. The van der Waals surface area contributed by atoms with Gasteiger partial charge in [0.2, 0.25) is 0 Å². The van der Waals surface area contributed by atoms with E-state index in [0.717, 1.165) is 23.9 Å². The van der Waals surface area contributed by atoms with Gasteiger partial charge in [0.1, 0.15) is 0 Å². The Kier molecular flexibility index (Phi) is 4.90. The quantitative estimate of drug-likeness (QED) is 0.890. The van der Waals surface area contributed by atoms with Crippen LogP contribution in [0.1, 0.15) is 24.2 Å². The lowest BCUT2D eigenvalue weighted by Crippen LogP contribution is -2.17. The van der Waals surface area contributed by atoms with Gasteiger partial charge in [-0.15, -0.1) is 0 Å². The Hall–Kier alpha value is -1.95. The molecule has 0 amide bonds. The van der Waals surface area contributed by atoms with Gasteiger partial charge in [0, 0.05) is 20.4 Å². The monoisotopic (exact) mass is 295 g/mol. The van der Waals surface area contributed by atoms with E-state index in [4.69, 9.17) is 4.74 Å². The van der Waals surface area contributed by atoms with Crippen molar-refractivity contribution in [1.29, 1.82) is 0 Å². The summed E-state index contributed by atoms with van der Waals surface area (Å²) in [6.07, 6.45) is 2.64. The van der Waals surface area contributed by atoms with Crippen molar-refractivity contribution >= 4 is 5.69 Å². The highest BCUT2D eigenvalue weighted by Crippen LogP contribution is 2.24. The molecule has 0 saturated carbocycles. The average molecular weight is 295 g/mol. The molecular weight excluding hydrogens is 276 g/mol. The third kappa shape index (κ3) is 3.58. The van der Waals surface area contributed by atoms with Crippen molar-refractivity contribution in [3.05, 3.63) is 47.3 Å². The molecule has 0 aliphatic rings. The van der Waals surface area contributed by atoms with Gasteiger partial charge in [-0.05, 0) is 24.1 Å². The molecule has 0 aliphatic heterocycles. The molecule has 0 saturated heterocycles. The second-order valence-corrected chi connectivity index (χ2v) is 4.84. The maximum Gasteiger partial charge on any atom is 0.159 e. The van der Waals surface area contributed by atoms with E-state index >= 15 is 0 Å². The Morgan fingerprint density at radius 1 is 1.33 bits per heavy atom. The van der Waals surface area contributed by atoms with Crippen LogP contribution in [0, 0.1) is 11.6 Å². The van der Waals surface area contributed by atoms with Crippen molar-refractivity contribution in [3.63, 3.8) is 0 Å². The normalized spacial score (nSPS) is 12.4. The number of ether oxygens (including phenoxy) is 1. The minimum Gasteiger partial charge on any atom is -0.382 e. The smallest absolute Gasteiger partial charge is 0.159 e.